The fraction of sp³-hybridized carbons (Fsp3) is 0.250. The van der Waals surface area contributed by atoms with Gasteiger partial charge in [-0.1, -0.05) is 12.1 Å². The highest BCUT2D eigenvalue weighted by molar-refractivity contribution is 5.77. The molecule has 0 radical (unpaired) electrons. The quantitative estimate of drug-likeness (QED) is 0.677. The van der Waals surface area contributed by atoms with Crippen molar-refractivity contribution in [3.63, 3.8) is 0 Å². The zero-order valence-electron chi connectivity index (χ0n) is 9.10. The van der Waals surface area contributed by atoms with Gasteiger partial charge < -0.3 is 15.5 Å². The SMILES string of the molecule is CC=CNC(=O)CCc1ccc(O)c(O)c1. The molecule has 0 saturated carbocycles. The number of nitrogens with one attached hydrogen (secondary N) is 1. The maximum Gasteiger partial charge on any atom is 0.224 e. The van der Waals surface area contributed by atoms with E-state index in [0.29, 0.717) is 12.8 Å². The van der Waals surface area contributed by atoms with Gasteiger partial charge in [0.15, 0.2) is 11.5 Å². The largest absolute Gasteiger partial charge is 0.504 e. The summed E-state index contributed by atoms with van der Waals surface area (Å²) in [5, 5.41) is 20.9. The van der Waals surface area contributed by atoms with Gasteiger partial charge in [-0.2, -0.15) is 0 Å². The highest BCUT2D eigenvalue weighted by Gasteiger charge is 2.03. The number of carbonyl (C=O) groups excluding carboxylic acids is 1. The van der Waals surface area contributed by atoms with Crippen LogP contribution in [0.1, 0.15) is 18.9 Å². The first kappa shape index (κ1) is 12.1. The fourth-order valence-electron chi connectivity index (χ4n) is 1.23. The summed E-state index contributed by atoms with van der Waals surface area (Å²) in [6, 6.07) is 4.55. The highest BCUT2D eigenvalue weighted by Crippen LogP contribution is 2.25. The lowest BCUT2D eigenvalue weighted by molar-refractivity contribution is -0.120. The topological polar surface area (TPSA) is 69.6 Å². The number of amides is 1. The first-order chi connectivity index (χ1) is 7.63. The Morgan fingerprint density at radius 1 is 1.38 bits per heavy atom. The lowest BCUT2D eigenvalue weighted by atomic mass is 10.1. The highest BCUT2D eigenvalue weighted by atomic mass is 16.3. The van der Waals surface area contributed by atoms with E-state index in [2.05, 4.69) is 5.32 Å². The second-order valence-electron chi connectivity index (χ2n) is 3.39. The number of phenolic OH excluding ortho intramolecular Hbond substituents is 2. The third-order valence-electron chi connectivity index (χ3n) is 2.09. The molecular formula is C12H15NO3. The minimum Gasteiger partial charge on any atom is -0.504 e. The molecule has 4 heteroatoms. The van der Waals surface area contributed by atoms with E-state index in [4.69, 9.17) is 5.11 Å². The third-order valence-corrected chi connectivity index (χ3v) is 2.09. The fourth-order valence-corrected chi connectivity index (χ4v) is 1.23. The van der Waals surface area contributed by atoms with Crippen molar-refractivity contribution in [3.05, 3.63) is 36.0 Å². The molecule has 1 rings (SSSR count). The number of hydrogen-bond acceptors (Lipinski definition) is 3. The van der Waals surface area contributed by atoms with Gasteiger partial charge in [0, 0.05) is 6.42 Å². The zero-order chi connectivity index (χ0) is 12.0. The van der Waals surface area contributed by atoms with Crippen LogP contribution in [0.2, 0.25) is 0 Å². The number of benzene rings is 1. The van der Waals surface area contributed by atoms with Gasteiger partial charge in [-0.15, -0.1) is 0 Å². The van der Waals surface area contributed by atoms with E-state index < -0.39 is 0 Å². The van der Waals surface area contributed by atoms with Crippen LogP contribution in [0.25, 0.3) is 0 Å². The molecule has 1 aromatic carbocycles. The minimum absolute atomic E-state index is 0.0781. The van der Waals surface area contributed by atoms with Crippen LogP contribution >= 0.6 is 0 Å². The predicted molar refractivity (Wildman–Crippen MR) is 61.0 cm³/mol. The van der Waals surface area contributed by atoms with Crippen molar-refractivity contribution in [2.75, 3.05) is 0 Å². The Kier molecular flexibility index (Phi) is 4.39. The Balaban J connectivity index is 2.48. The van der Waals surface area contributed by atoms with Crippen LogP contribution in [0.15, 0.2) is 30.5 Å². The molecule has 0 aliphatic carbocycles. The van der Waals surface area contributed by atoms with Gasteiger partial charge >= 0.3 is 0 Å². The van der Waals surface area contributed by atoms with E-state index in [-0.39, 0.29) is 17.4 Å². The summed E-state index contributed by atoms with van der Waals surface area (Å²) in [5.74, 6) is -0.390. The molecule has 0 aliphatic rings. The Labute approximate surface area is 94.2 Å². The van der Waals surface area contributed by atoms with Crippen LogP contribution < -0.4 is 5.32 Å². The van der Waals surface area contributed by atoms with Gasteiger partial charge in [-0.25, -0.2) is 0 Å². The van der Waals surface area contributed by atoms with Gasteiger partial charge in [-0.05, 0) is 37.2 Å². The number of carbonyl (C=O) groups is 1. The van der Waals surface area contributed by atoms with Crippen molar-refractivity contribution in [2.45, 2.75) is 19.8 Å². The predicted octanol–water partition coefficient (Wildman–Crippen LogP) is 1.68. The summed E-state index contributed by atoms with van der Waals surface area (Å²) in [7, 11) is 0. The maximum atomic E-state index is 11.3. The first-order valence-electron chi connectivity index (χ1n) is 5.05. The van der Waals surface area contributed by atoms with E-state index in [1.165, 1.54) is 12.1 Å². The van der Waals surface area contributed by atoms with Crippen molar-refractivity contribution in [1.82, 2.24) is 5.32 Å². The smallest absolute Gasteiger partial charge is 0.224 e. The Morgan fingerprint density at radius 3 is 2.75 bits per heavy atom. The second-order valence-corrected chi connectivity index (χ2v) is 3.39. The van der Waals surface area contributed by atoms with Gasteiger partial charge in [0.1, 0.15) is 0 Å². The van der Waals surface area contributed by atoms with Crippen molar-refractivity contribution < 1.29 is 15.0 Å². The van der Waals surface area contributed by atoms with Crippen molar-refractivity contribution in [2.24, 2.45) is 0 Å². The van der Waals surface area contributed by atoms with Gasteiger partial charge in [-0.3, -0.25) is 4.79 Å². The normalized spacial score (nSPS) is 10.6. The molecule has 0 aromatic heterocycles. The monoisotopic (exact) mass is 221 g/mol. The molecule has 3 N–H and O–H groups in total. The van der Waals surface area contributed by atoms with Gasteiger partial charge in [0.2, 0.25) is 5.91 Å². The Hall–Kier alpha value is -1.97. The number of allylic oxidation sites excluding steroid dienone is 1. The number of hydrogen-bond donors (Lipinski definition) is 3. The van der Waals surface area contributed by atoms with E-state index in [0.717, 1.165) is 5.56 Å². The minimum atomic E-state index is -0.161. The summed E-state index contributed by atoms with van der Waals surface area (Å²) in [6.07, 6.45) is 4.19. The summed E-state index contributed by atoms with van der Waals surface area (Å²) >= 11 is 0. The first-order valence-corrected chi connectivity index (χ1v) is 5.05. The molecule has 0 atom stereocenters. The molecule has 86 valence electrons. The average Bonchev–Trinajstić information content (AvgIpc) is 2.28. The standard InChI is InChI=1S/C12H15NO3/c1-2-7-13-12(16)6-4-9-3-5-10(14)11(15)8-9/h2-3,5,7-8,14-15H,4,6H2,1H3,(H,13,16). The number of phenols is 2. The van der Waals surface area contributed by atoms with Crippen molar-refractivity contribution in [1.29, 1.82) is 0 Å². The summed E-state index contributed by atoms with van der Waals surface area (Å²) in [5.41, 5.74) is 0.811. The maximum absolute atomic E-state index is 11.3. The van der Waals surface area contributed by atoms with Crippen LogP contribution in [0.3, 0.4) is 0 Å². The number of rotatable bonds is 4. The van der Waals surface area contributed by atoms with E-state index in [1.807, 2.05) is 6.92 Å². The van der Waals surface area contributed by atoms with Crippen LogP contribution in [0.5, 0.6) is 11.5 Å². The van der Waals surface area contributed by atoms with Crippen molar-refractivity contribution >= 4 is 5.91 Å². The molecule has 0 fully saturated rings. The van der Waals surface area contributed by atoms with Crippen LogP contribution in [-0.2, 0) is 11.2 Å². The van der Waals surface area contributed by atoms with Crippen LogP contribution in [0.4, 0.5) is 0 Å². The lowest BCUT2D eigenvalue weighted by Crippen LogP contribution is -2.17. The molecule has 16 heavy (non-hydrogen) atoms. The zero-order valence-corrected chi connectivity index (χ0v) is 9.10. The molecule has 0 spiro atoms. The van der Waals surface area contributed by atoms with Crippen LogP contribution in [-0.4, -0.2) is 16.1 Å². The molecule has 0 bridgehead atoms. The summed E-state index contributed by atoms with van der Waals surface area (Å²) in [6.45, 7) is 1.82. The molecular weight excluding hydrogens is 206 g/mol. The van der Waals surface area contributed by atoms with E-state index in [1.54, 1.807) is 18.3 Å². The Morgan fingerprint density at radius 2 is 2.12 bits per heavy atom. The molecule has 0 aliphatic heterocycles. The second kappa shape index (κ2) is 5.80. The third kappa shape index (κ3) is 3.65. The molecule has 0 saturated heterocycles. The molecule has 0 unspecified atom stereocenters. The molecule has 0 heterocycles. The van der Waals surface area contributed by atoms with Gasteiger partial charge in [0.25, 0.3) is 0 Å². The van der Waals surface area contributed by atoms with Crippen molar-refractivity contribution in [3.8, 4) is 11.5 Å². The number of aromatic hydroxyl groups is 2. The lowest BCUT2D eigenvalue weighted by Gasteiger charge is -2.03. The van der Waals surface area contributed by atoms with Gasteiger partial charge in [0.05, 0.1) is 0 Å². The van der Waals surface area contributed by atoms with E-state index >= 15 is 0 Å². The van der Waals surface area contributed by atoms with Crippen LogP contribution in [0, 0.1) is 0 Å². The van der Waals surface area contributed by atoms with E-state index in [9.17, 15) is 9.90 Å². The summed E-state index contributed by atoms with van der Waals surface area (Å²) in [4.78, 5) is 11.3. The molecule has 4 nitrogen and oxygen atoms in total. The summed E-state index contributed by atoms with van der Waals surface area (Å²) < 4.78 is 0. The molecule has 1 amide bonds. The Bertz CT molecular complexity index is 399. The molecule has 1 aromatic rings. The average molecular weight is 221 g/mol. The number of aryl methyl sites for hydroxylation is 1.